The first kappa shape index (κ1) is 11.9. The summed E-state index contributed by atoms with van der Waals surface area (Å²) >= 11 is 0. The number of nitrogens with zero attached hydrogens (tertiary/aromatic N) is 2. The van der Waals surface area contributed by atoms with E-state index >= 15 is 0 Å². The lowest BCUT2D eigenvalue weighted by Crippen LogP contribution is -2.11. The number of hydrogen-bond donors (Lipinski definition) is 1. The standard InChI is InChI=1S/C14H12N2O2/c17-14(18)11-15-16(12-7-3-1-4-8-12)13-9-5-2-6-10-13/h1-11H,(H,17,18)/b15-11+. The van der Waals surface area contributed by atoms with Crippen LogP contribution < -0.4 is 5.01 Å². The molecule has 0 atom stereocenters. The SMILES string of the molecule is O=C(O)/C=N/N(c1ccccc1)c1ccccc1. The second-order valence-corrected chi connectivity index (χ2v) is 3.57. The first-order valence-electron chi connectivity index (χ1n) is 5.44. The van der Waals surface area contributed by atoms with Crippen LogP contribution in [0.4, 0.5) is 11.4 Å². The molecule has 0 saturated heterocycles. The molecular weight excluding hydrogens is 228 g/mol. The summed E-state index contributed by atoms with van der Waals surface area (Å²) in [6, 6.07) is 18.8. The summed E-state index contributed by atoms with van der Waals surface area (Å²) in [7, 11) is 0. The van der Waals surface area contributed by atoms with Crippen molar-refractivity contribution in [2.24, 2.45) is 5.10 Å². The monoisotopic (exact) mass is 240 g/mol. The van der Waals surface area contributed by atoms with Gasteiger partial charge < -0.3 is 5.11 Å². The van der Waals surface area contributed by atoms with E-state index in [1.165, 1.54) is 0 Å². The van der Waals surface area contributed by atoms with E-state index in [1.54, 1.807) is 5.01 Å². The lowest BCUT2D eigenvalue weighted by atomic mass is 10.2. The maximum atomic E-state index is 10.6. The number of carboxylic acids is 1. The fourth-order valence-electron chi connectivity index (χ4n) is 1.53. The van der Waals surface area contributed by atoms with E-state index in [0.29, 0.717) is 0 Å². The quantitative estimate of drug-likeness (QED) is 0.660. The number of hydrogen-bond acceptors (Lipinski definition) is 3. The van der Waals surface area contributed by atoms with Crippen LogP contribution in [-0.2, 0) is 4.79 Å². The van der Waals surface area contributed by atoms with Crippen LogP contribution in [0.5, 0.6) is 0 Å². The Morgan fingerprint density at radius 1 is 0.944 bits per heavy atom. The van der Waals surface area contributed by atoms with Crippen LogP contribution in [0.1, 0.15) is 0 Å². The zero-order valence-electron chi connectivity index (χ0n) is 9.60. The van der Waals surface area contributed by atoms with Crippen LogP contribution in [0.2, 0.25) is 0 Å². The molecule has 4 nitrogen and oxygen atoms in total. The fourth-order valence-corrected chi connectivity index (χ4v) is 1.53. The van der Waals surface area contributed by atoms with Gasteiger partial charge in [-0.2, -0.15) is 5.10 Å². The molecule has 18 heavy (non-hydrogen) atoms. The average Bonchev–Trinajstić information content (AvgIpc) is 2.41. The molecule has 0 aliphatic carbocycles. The van der Waals surface area contributed by atoms with Gasteiger partial charge in [-0.25, -0.2) is 9.80 Å². The Morgan fingerprint density at radius 3 is 1.78 bits per heavy atom. The third kappa shape index (κ3) is 2.95. The molecule has 4 heteroatoms. The molecule has 2 aromatic carbocycles. The number of aliphatic carboxylic acids is 1. The van der Waals surface area contributed by atoms with Gasteiger partial charge in [-0.3, -0.25) is 0 Å². The van der Waals surface area contributed by atoms with Crippen molar-refractivity contribution in [1.29, 1.82) is 0 Å². The Kier molecular flexibility index (Phi) is 3.71. The normalized spacial score (nSPS) is 10.4. The van der Waals surface area contributed by atoms with Gasteiger partial charge in [0.25, 0.3) is 0 Å². The van der Waals surface area contributed by atoms with E-state index in [2.05, 4.69) is 5.10 Å². The first-order chi connectivity index (χ1) is 8.77. The Labute approximate surface area is 105 Å². The second kappa shape index (κ2) is 5.63. The van der Waals surface area contributed by atoms with Crippen LogP contribution in [0, 0.1) is 0 Å². The predicted octanol–water partition coefficient (Wildman–Crippen LogP) is 2.90. The average molecular weight is 240 g/mol. The van der Waals surface area contributed by atoms with Gasteiger partial charge >= 0.3 is 5.97 Å². The number of rotatable bonds is 4. The molecule has 0 aromatic heterocycles. The molecule has 0 fully saturated rings. The third-order valence-electron chi connectivity index (χ3n) is 2.29. The number of hydrazone groups is 1. The van der Waals surface area contributed by atoms with Crippen LogP contribution in [0.3, 0.4) is 0 Å². The van der Waals surface area contributed by atoms with E-state index < -0.39 is 5.97 Å². The minimum absolute atomic E-state index is 0.807. The van der Waals surface area contributed by atoms with Gasteiger partial charge in [-0.05, 0) is 24.3 Å². The van der Waals surface area contributed by atoms with Gasteiger partial charge in [0, 0.05) is 0 Å². The van der Waals surface area contributed by atoms with Gasteiger partial charge in [0.1, 0.15) is 6.21 Å². The summed E-state index contributed by atoms with van der Waals surface area (Å²) in [5.74, 6) is -1.08. The molecule has 0 bridgehead atoms. The maximum absolute atomic E-state index is 10.6. The Balaban J connectivity index is 2.38. The fraction of sp³-hybridized carbons (Fsp3) is 0. The van der Waals surface area contributed by atoms with E-state index in [-0.39, 0.29) is 0 Å². The van der Waals surface area contributed by atoms with Crippen LogP contribution in [0.15, 0.2) is 65.8 Å². The van der Waals surface area contributed by atoms with Crippen LogP contribution >= 0.6 is 0 Å². The minimum Gasteiger partial charge on any atom is -0.477 e. The molecule has 0 saturated carbocycles. The highest BCUT2D eigenvalue weighted by Gasteiger charge is 2.06. The van der Waals surface area contributed by atoms with Crippen molar-refractivity contribution in [2.45, 2.75) is 0 Å². The molecule has 0 spiro atoms. The third-order valence-corrected chi connectivity index (χ3v) is 2.29. The molecule has 0 radical (unpaired) electrons. The molecule has 90 valence electrons. The highest BCUT2D eigenvalue weighted by molar-refractivity contribution is 6.22. The van der Waals surface area contributed by atoms with Crippen molar-refractivity contribution in [3.8, 4) is 0 Å². The number of carbonyl (C=O) groups is 1. The summed E-state index contributed by atoms with van der Waals surface area (Å²) in [4.78, 5) is 10.6. The van der Waals surface area contributed by atoms with Crippen molar-refractivity contribution in [1.82, 2.24) is 0 Å². The topological polar surface area (TPSA) is 52.9 Å². The number of para-hydroxylation sites is 2. The molecular formula is C14H12N2O2. The molecule has 0 aliphatic rings. The number of anilines is 2. The zero-order valence-corrected chi connectivity index (χ0v) is 9.60. The van der Waals surface area contributed by atoms with Gasteiger partial charge in [0.05, 0.1) is 11.4 Å². The number of benzene rings is 2. The van der Waals surface area contributed by atoms with Crippen LogP contribution in [0.25, 0.3) is 0 Å². The van der Waals surface area contributed by atoms with Gasteiger partial charge in [0.2, 0.25) is 0 Å². The van der Waals surface area contributed by atoms with Gasteiger partial charge in [-0.15, -0.1) is 0 Å². The maximum Gasteiger partial charge on any atom is 0.348 e. The van der Waals surface area contributed by atoms with Crippen molar-refractivity contribution < 1.29 is 9.90 Å². The van der Waals surface area contributed by atoms with E-state index in [4.69, 9.17) is 5.11 Å². The van der Waals surface area contributed by atoms with Crippen LogP contribution in [-0.4, -0.2) is 17.3 Å². The predicted molar refractivity (Wildman–Crippen MR) is 71.2 cm³/mol. The highest BCUT2D eigenvalue weighted by Crippen LogP contribution is 2.24. The lowest BCUT2D eigenvalue weighted by molar-refractivity contribution is -0.128. The molecule has 2 aromatic rings. The van der Waals surface area contributed by atoms with E-state index in [0.717, 1.165) is 17.6 Å². The Hall–Kier alpha value is -2.62. The molecule has 0 aliphatic heterocycles. The van der Waals surface area contributed by atoms with Crippen molar-refractivity contribution in [2.75, 3.05) is 5.01 Å². The van der Waals surface area contributed by atoms with Crippen molar-refractivity contribution in [3.05, 3.63) is 60.7 Å². The summed E-state index contributed by atoms with van der Waals surface area (Å²) < 4.78 is 0. The lowest BCUT2D eigenvalue weighted by Gasteiger charge is -2.18. The largest absolute Gasteiger partial charge is 0.477 e. The van der Waals surface area contributed by atoms with Crippen molar-refractivity contribution in [3.63, 3.8) is 0 Å². The molecule has 0 heterocycles. The molecule has 2 rings (SSSR count). The molecule has 0 unspecified atom stereocenters. The van der Waals surface area contributed by atoms with E-state index in [1.807, 2.05) is 60.7 Å². The van der Waals surface area contributed by atoms with E-state index in [9.17, 15) is 4.79 Å². The summed E-state index contributed by atoms with van der Waals surface area (Å²) in [5, 5.41) is 14.2. The minimum atomic E-state index is -1.08. The Bertz CT molecular complexity index is 499. The number of carboxylic acid groups (broad SMARTS) is 1. The second-order valence-electron chi connectivity index (χ2n) is 3.57. The van der Waals surface area contributed by atoms with Gasteiger partial charge in [-0.1, -0.05) is 36.4 Å². The van der Waals surface area contributed by atoms with Gasteiger partial charge in [0.15, 0.2) is 0 Å². The van der Waals surface area contributed by atoms with Crippen molar-refractivity contribution >= 4 is 23.6 Å². The first-order valence-corrected chi connectivity index (χ1v) is 5.44. The molecule has 0 amide bonds. The Morgan fingerprint density at radius 2 is 1.39 bits per heavy atom. The zero-order chi connectivity index (χ0) is 12.8. The summed E-state index contributed by atoms with van der Waals surface area (Å²) in [5.41, 5.74) is 1.61. The molecule has 1 N–H and O–H groups in total. The highest BCUT2D eigenvalue weighted by atomic mass is 16.4. The summed E-state index contributed by atoms with van der Waals surface area (Å²) in [6.45, 7) is 0. The smallest absolute Gasteiger partial charge is 0.348 e. The summed E-state index contributed by atoms with van der Waals surface area (Å²) in [6.07, 6.45) is 0.875.